The van der Waals surface area contributed by atoms with Crippen LogP contribution in [-0.4, -0.2) is 21.3 Å². The number of methoxy groups -OCH3 is 2. The van der Waals surface area contributed by atoms with E-state index in [1.807, 2.05) is 25.2 Å². The molecule has 1 aromatic carbocycles. The van der Waals surface area contributed by atoms with Gasteiger partial charge < -0.3 is 14.8 Å². The molecule has 1 aromatic heterocycles. The Morgan fingerprint density at radius 1 is 1.17 bits per heavy atom. The second-order valence-electron chi connectivity index (χ2n) is 3.89. The summed E-state index contributed by atoms with van der Waals surface area (Å²) in [6, 6.07) is 8.08. The Hall–Kier alpha value is -1.52. The maximum Gasteiger partial charge on any atom is 0.124 e. The van der Waals surface area contributed by atoms with Crippen LogP contribution < -0.4 is 14.8 Å². The molecule has 1 heterocycles. The molecule has 96 valence electrons. The van der Waals surface area contributed by atoms with E-state index in [-0.39, 0.29) is 6.04 Å². The quantitative estimate of drug-likeness (QED) is 0.899. The van der Waals surface area contributed by atoms with Gasteiger partial charge in [0.2, 0.25) is 0 Å². The molecule has 1 atom stereocenters. The van der Waals surface area contributed by atoms with E-state index in [4.69, 9.17) is 9.47 Å². The summed E-state index contributed by atoms with van der Waals surface area (Å²) in [5.74, 6) is 1.70. The molecule has 1 unspecified atom stereocenters. The molecule has 0 aliphatic carbocycles. The molecule has 0 saturated heterocycles. The van der Waals surface area contributed by atoms with Crippen LogP contribution in [0.15, 0.2) is 35.0 Å². The van der Waals surface area contributed by atoms with Gasteiger partial charge in [-0.1, -0.05) is 0 Å². The zero-order valence-corrected chi connectivity index (χ0v) is 11.6. The van der Waals surface area contributed by atoms with Gasteiger partial charge in [0.1, 0.15) is 11.5 Å². The number of rotatable bonds is 5. The fraction of sp³-hybridized carbons (Fsp3) is 0.286. The number of benzene rings is 1. The number of hydrogen-bond donors (Lipinski definition) is 1. The molecule has 0 fully saturated rings. The van der Waals surface area contributed by atoms with Crippen molar-refractivity contribution in [1.82, 2.24) is 5.32 Å². The van der Waals surface area contributed by atoms with Gasteiger partial charge in [0.15, 0.2) is 0 Å². The maximum atomic E-state index is 5.43. The average molecular weight is 263 g/mol. The van der Waals surface area contributed by atoms with Gasteiger partial charge in [0.25, 0.3) is 0 Å². The number of ether oxygens (including phenoxy) is 2. The molecule has 1 N–H and O–H groups in total. The van der Waals surface area contributed by atoms with Crippen LogP contribution in [0.3, 0.4) is 0 Å². The summed E-state index contributed by atoms with van der Waals surface area (Å²) >= 11 is 1.69. The van der Waals surface area contributed by atoms with E-state index in [9.17, 15) is 0 Å². The van der Waals surface area contributed by atoms with Gasteiger partial charge >= 0.3 is 0 Å². The first-order valence-electron chi connectivity index (χ1n) is 5.71. The number of nitrogens with one attached hydrogen (secondary N) is 1. The monoisotopic (exact) mass is 263 g/mol. The highest BCUT2D eigenvalue weighted by Crippen LogP contribution is 2.33. The maximum absolute atomic E-state index is 5.43. The smallest absolute Gasteiger partial charge is 0.124 e. The van der Waals surface area contributed by atoms with Crippen molar-refractivity contribution >= 4 is 11.3 Å². The molecule has 0 aliphatic rings. The van der Waals surface area contributed by atoms with Crippen molar-refractivity contribution < 1.29 is 9.47 Å². The lowest BCUT2D eigenvalue weighted by Crippen LogP contribution is -2.17. The summed E-state index contributed by atoms with van der Waals surface area (Å²) in [7, 11) is 5.30. The SMILES string of the molecule is CNC(c1ccsc1)c1cc(OC)ccc1OC. The Morgan fingerprint density at radius 3 is 2.56 bits per heavy atom. The highest BCUT2D eigenvalue weighted by molar-refractivity contribution is 7.08. The number of hydrogen-bond acceptors (Lipinski definition) is 4. The van der Waals surface area contributed by atoms with Crippen LogP contribution >= 0.6 is 11.3 Å². The Morgan fingerprint density at radius 2 is 2.00 bits per heavy atom. The summed E-state index contributed by atoms with van der Waals surface area (Å²) in [5, 5.41) is 7.53. The molecule has 18 heavy (non-hydrogen) atoms. The van der Waals surface area contributed by atoms with E-state index >= 15 is 0 Å². The van der Waals surface area contributed by atoms with E-state index in [0.29, 0.717) is 0 Å². The van der Waals surface area contributed by atoms with Gasteiger partial charge in [-0.2, -0.15) is 11.3 Å². The van der Waals surface area contributed by atoms with Crippen molar-refractivity contribution in [3.63, 3.8) is 0 Å². The summed E-state index contributed by atoms with van der Waals surface area (Å²) in [5.41, 5.74) is 2.31. The van der Waals surface area contributed by atoms with Gasteiger partial charge in [-0.05, 0) is 47.6 Å². The van der Waals surface area contributed by atoms with Crippen LogP contribution in [0, 0.1) is 0 Å². The second kappa shape index (κ2) is 5.89. The minimum atomic E-state index is 0.112. The van der Waals surface area contributed by atoms with Gasteiger partial charge in [0, 0.05) is 5.56 Å². The highest BCUT2D eigenvalue weighted by atomic mass is 32.1. The Labute approximate surface area is 111 Å². The van der Waals surface area contributed by atoms with E-state index in [0.717, 1.165) is 17.1 Å². The predicted octanol–water partition coefficient (Wildman–Crippen LogP) is 3.07. The van der Waals surface area contributed by atoms with Crippen LogP contribution in [-0.2, 0) is 0 Å². The van der Waals surface area contributed by atoms with Crippen molar-refractivity contribution in [2.75, 3.05) is 21.3 Å². The molecule has 0 bridgehead atoms. The second-order valence-corrected chi connectivity index (χ2v) is 4.67. The molecule has 3 nitrogen and oxygen atoms in total. The topological polar surface area (TPSA) is 30.5 Å². The molecular formula is C14H17NO2S. The molecule has 4 heteroatoms. The molecule has 2 aromatic rings. The summed E-state index contributed by atoms with van der Waals surface area (Å²) in [4.78, 5) is 0. The fourth-order valence-electron chi connectivity index (χ4n) is 2.01. The summed E-state index contributed by atoms with van der Waals surface area (Å²) in [6.07, 6.45) is 0. The Kier molecular flexibility index (Phi) is 4.23. The predicted molar refractivity (Wildman–Crippen MR) is 74.8 cm³/mol. The van der Waals surface area contributed by atoms with Crippen molar-refractivity contribution in [3.05, 3.63) is 46.2 Å². The molecule has 2 rings (SSSR count). The first-order valence-corrected chi connectivity index (χ1v) is 6.65. The van der Waals surface area contributed by atoms with Crippen molar-refractivity contribution in [1.29, 1.82) is 0 Å². The van der Waals surface area contributed by atoms with Gasteiger partial charge in [-0.3, -0.25) is 0 Å². The Bertz CT molecular complexity index is 497. The normalized spacial score (nSPS) is 12.2. The third-order valence-electron chi connectivity index (χ3n) is 2.91. The van der Waals surface area contributed by atoms with Crippen LogP contribution in [0.25, 0.3) is 0 Å². The van der Waals surface area contributed by atoms with Crippen LogP contribution in [0.2, 0.25) is 0 Å². The highest BCUT2D eigenvalue weighted by Gasteiger charge is 2.17. The van der Waals surface area contributed by atoms with Crippen LogP contribution in [0.1, 0.15) is 17.2 Å². The molecule has 0 amide bonds. The van der Waals surface area contributed by atoms with Gasteiger partial charge in [0.05, 0.1) is 20.3 Å². The Balaban J connectivity index is 2.46. The molecule has 0 saturated carbocycles. The lowest BCUT2D eigenvalue weighted by atomic mass is 10.00. The largest absolute Gasteiger partial charge is 0.497 e. The average Bonchev–Trinajstić information content (AvgIpc) is 2.93. The van der Waals surface area contributed by atoms with Gasteiger partial charge in [-0.15, -0.1) is 0 Å². The lowest BCUT2D eigenvalue weighted by molar-refractivity contribution is 0.395. The van der Waals surface area contributed by atoms with Crippen molar-refractivity contribution in [2.24, 2.45) is 0 Å². The zero-order chi connectivity index (χ0) is 13.0. The molecule has 0 spiro atoms. The van der Waals surface area contributed by atoms with E-state index in [1.165, 1.54) is 5.56 Å². The zero-order valence-electron chi connectivity index (χ0n) is 10.8. The van der Waals surface area contributed by atoms with Crippen LogP contribution in [0.4, 0.5) is 0 Å². The standard InChI is InChI=1S/C14H17NO2S/c1-15-14(10-6-7-18-9-10)12-8-11(16-2)4-5-13(12)17-3/h4-9,14-15H,1-3H3. The minimum absolute atomic E-state index is 0.112. The van der Waals surface area contributed by atoms with E-state index in [1.54, 1.807) is 25.6 Å². The van der Waals surface area contributed by atoms with Crippen molar-refractivity contribution in [3.8, 4) is 11.5 Å². The molecule has 0 aliphatic heterocycles. The van der Waals surface area contributed by atoms with E-state index < -0.39 is 0 Å². The number of thiophene rings is 1. The minimum Gasteiger partial charge on any atom is -0.497 e. The lowest BCUT2D eigenvalue weighted by Gasteiger charge is -2.19. The van der Waals surface area contributed by atoms with E-state index in [2.05, 4.69) is 22.1 Å². The van der Waals surface area contributed by atoms with Gasteiger partial charge in [-0.25, -0.2) is 0 Å². The summed E-state index contributed by atoms with van der Waals surface area (Å²) in [6.45, 7) is 0. The first kappa shape index (κ1) is 12.9. The summed E-state index contributed by atoms with van der Waals surface area (Å²) < 4.78 is 10.7. The molecular weight excluding hydrogens is 246 g/mol. The fourth-order valence-corrected chi connectivity index (χ4v) is 2.69. The third kappa shape index (κ3) is 2.49. The third-order valence-corrected chi connectivity index (χ3v) is 3.61. The van der Waals surface area contributed by atoms with Crippen LogP contribution in [0.5, 0.6) is 11.5 Å². The first-order chi connectivity index (χ1) is 8.80. The van der Waals surface area contributed by atoms with Crippen molar-refractivity contribution in [2.45, 2.75) is 6.04 Å². The molecule has 0 radical (unpaired) electrons.